The van der Waals surface area contributed by atoms with Crippen LogP contribution in [0.25, 0.3) is 11.5 Å². The Bertz CT molecular complexity index is 574. The van der Waals surface area contributed by atoms with Gasteiger partial charge in [-0.3, -0.25) is 14.5 Å². The van der Waals surface area contributed by atoms with Crippen molar-refractivity contribution in [2.75, 3.05) is 13.1 Å². The van der Waals surface area contributed by atoms with Crippen LogP contribution in [0, 0.1) is 0 Å². The van der Waals surface area contributed by atoms with Crippen LogP contribution in [0.1, 0.15) is 5.69 Å². The van der Waals surface area contributed by atoms with E-state index in [0.29, 0.717) is 17.2 Å². The van der Waals surface area contributed by atoms with Gasteiger partial charge in [-0.2, -0.15) is 0 Å². The molecule has 0 aliphatic rings. The minimum atomic E-state index is -1.05. The van der Waals surface area contributed by atoms with Crippen molar-refractivity contribution in [2.24, 2.45) is 5.73 Å². The molecule has 8 heteroatoms. The molecular formula is C12H13N3O5. The summed E-state index contributed by atoms with van der Waals surface area (Å²) < 4.78 is 10.2. The predicted molar refractivity (Wildman–Crippen MR) is 66.3 cm³/mol. The van der Waals surface area contributed by atoms with E-state index in [1.807, 2.05) is 0 Å². The minimum Gasteiger partial charge on any atom is -0.480 e. The number of aromatic nitrogens is 1. The highest BCUT2D eigenvalue weighted by molar-refractivity contribution is 5.77. The molecule has 0 fully saturated rings. The van der Waals surface area contributed by atoms with E-state index >= 15 is 0 Å². The Balaban J connectivity index is 2.06. The molecule has 0 aliphatic carbocycles. The van der Waals surface area contributed by atoms with Crippen molar-refractivity contribution in [3.05, 3.63) is 30.2 Å². The maximum absolute atomic E-state index is 10.9. The summed E-state index contributed by atoms with van der Waals surface area (Å²) in [5.41, 5.74) is 5.56. The third-order valence-electron chi connectivity index (χ3n) is 2.45. The van der Waals surface area contributed by atoms with Crippen LogP contribution in [-0.2, 0) is 16.1 Å². The summed E-state index contributed by atoms with van der Waals surface area (Å²) in [7, 11) is 0. The first-order valence-electron chi connectivity index (χ1n) is 5.76. The van der Waals surface area contributed by atoms with Gasteiger partial charge in [0.2, 0.25) is 11.7 Å². The fourth-order valence-electron chi connectivity index (χ4n) is 1.73. The summed E-state index contributed by atoms with van der Waals surface area (Å²) in [6.45, 7) is -0.347. The van der Waals surface area contributed by atoms with Gasteiger partial charge >= 0.3 is 5.97 Å². The van der Waals surface area contributed by atoms with Gasteiger partial charge in [0.1, 0.15) is 0 Å². The molecule has 0 aliphatic heterocycles. The lowest BCUT2D eigenvalue weighted by atomic mass is 10.3. The first-order valence-corrected chi connectivity index (χ1v) is 5.76. The molecule has 0 aromatic carbocycles. The molecule has 106 valence electrons. The Morgan fingerprint density at radius 2 is 2.15 bits per heavy atom. The topological polar surface area (TPSA) is 123 Å². The number of furan rings is 1. The number of hydrogen-bond donors (Lipinski definition) is 2. The normalized spacial score (nSPS) is 10.8. The summed E-state index contributed by atoms with van der Waals surface area (Å²) >= 11 is 0. The van der Waals surface area contributed by atoms with Gasteiger partial charge in [-0.05, 0) is 12.1 Å². The lowest BCUT2D eigenvalue weighted by Gasteiger charge is -2.16. The zero-order valence-corrected chi connectivity index (χ0v) is 10.5. The number of aliphatic carboxylic acids is 1. The molecule has 1 amide bonds. The molecule has 0 atom stereocenters. The van der Waals surface area contributed by atoms with Crippen molar-refractivity contribution >= 4 is 11.9 Å². The number of primary amides is 1. The fraction of sp³-hybridized carbons (Fsp3) is 0.250. The highest BCUT2D eigenvalue weighted by Gasteiger charge is 2.16. The number of carboxylic acid groups (broad SMARTS) is 1. The molecule has 0 bridgehead atoms. The predicted octanol–water partition coefficient (Wildman–Crippen LogP) is 0.306. The van der Waals surface area contributed by atoms with Crippen molar-refractivity contribution in [3.8, 4) is 11.5 Å². The van der Waals surface area contributed by atoms with E-state index in [0.717, 1.165) is 0 Å². The molecule has 2 rings (SSSR count). The van der Waals surface area contributed by atoms with Gasteiger partial charge in [0.15, 0.2) is 5.76 Å². The zero-order valence-electron chi connectivity index (χ0n) is 10.5. The van der Waals surface area contributed by atoms with Gasteiger partial charge in [-0.1, -0.05) is 5.16 Å². The smallest absolute Gasteiger partial charge is 0.317 e. The van der Waals surface area contributed by atoms with E-state index in [1.165, 1.54) is 11.2 Å². The number of carboxylic acids is 1. The standard InChI is InChI=1S/C12H13N3O5/c13-11(16)6-15(7-12(17)18)5-8-4-10(20-14-8)9-2-1-3-19-9/h1-4H,5-7H2,(H2,13,16)(H,17,18). The Hall–Kier alpha value is -2.61. The first-order chi connectivity index (χ1) is 9.54. The van der Waals surface area contributed by atoms with Crippen LogP contribution in [0.2, 0.25) is 0 Å². The molecule has 2 aromatic heterocycles. The third kappa shape index (κ3) is 3.69. The molecular weight excluding hydrogens is 266 g/mol. The first kappa shape index (κ1) is 13.8. The lowest BCUT2D eigenvalue weighted by molar-refractivity contribution is -0.138. The molecule has 0 unspecified atom stereocenters. The number of nitrogens with two attached hydrogens (primary N) is 1. The summed E-state index contributed by atoms with van der Waals surface area (Å²) in [6.07, 6.45) is 1.50. The van der Waals surface area contributed by atoms with Crippen molar-refractivity contribution in [2.45, 2.75) is 6.54 Å². The number of rotatable bonds is 7. The molecule has 0 spiro atoms. The Kier molecular flexibility index (Phi) is 4.16. The SMILES string of the molecule is NC(=O)CN(CC(=O)O)Cc1cc(-c2ccco2)on1. The number of hydrogen-bond acceptors (Lipinski definition) is 6. The monoisotopic (exact) mass is 279 g/mol. The fourth-order valence-corrected chi connectivity index (χ4v) is 1.73. The van der Waals surface area contributed by atoms with E-state index < -0.39 is 11.9 Å². The molecule has 2 aromatic rings. The molecule has 0 radical (unpaired) electrons. The summed E-state index contributed by atoms with van der Waals surface area (Å²) in [6, 6.07) is 5.04. The maximum atomic E-state index is 10.9. The molecule has 2 heterocycles. The van der Waals surface area contributed by atoms with E-state index in [1.54, 1.807) is 18.2 Å². The van der Waals surface area contributed by atoms with Crippen LogP contribution in [0.3, 0.4) is 0 Å². The highest BCUT2D eigenvalue weighted by Crippen LogP contribution is 2.21. The van der Waals surface area contributed by atoms with Crippen LogP contribution in [-0.4, -0.2) is 40.1 Å². The largest absolute Gasteiger partial charge is 0.480 e. The molecule has 20 heavy (non-hydrogen) atoms. The second kappa shape index (κ2) is 6.02. The average molecular weight is 279 g/mol. The lowest BCUT2D eigenvalue weighted by Crippen LogP contribution is -2.36. The van der Waals surface area contributed by atoms with Crippen molar-refractivity contribution in [1.29, 1.82) is 0 Å². The quantitative estimate of drug-likeness (QED) is 0.747. The van der Waals surface area contributed by atoms with Gasteiger partial charge in [0, 0.05) is 12.6 Å². The average Bonchev–Trinajstić information content (AvgIpc) is 2.95. The number of nitrogens with zero attached hydrogens (tertiary/aromatic N) is 2. The van der Waals surface area contributed by atoms with Crippen LogP contribution in [0.15, 0.2) is 33.4 Å². The second-order valence-corrected chi connectivity index (χ2v) is 4.17. The maximum Gasteiger partial charge on any atom is 0.317 e. The van der Waals surface area contributed by atoms with Crippen LogP contribution in [0.5, 0.6) is 0 Å². The van der Waals surface area contributed by atoms with Gasteiger partial charge in [-0.15, -0.1) is 0 Å². The number of amides is 1. The van der Waals surface area contributed by atoms with Crippen LogP contribution >= 0.6 is 0 Å². The summed E-state index contributed by atoms with van der Waals surface area (Å²) in [5.74, 6) is -0.718. The van der Waals surface area contributed by atoms with Gasteiger partial charge in [-0.25, -0.2) is 0 Å². The van der Waals surface area contributed by atoms with Crippen LogP contribution in [0.4, 0.5) is 0 Å². The minimum absolute atomic E-state index is 0.138. The number of carbonyl (C=O) groups is 2. The van der Waals surface area contributed by atoms with Crippen molar-refractivity contribution < 1.29 is 23.6 Å². The Morgan fingerprint density at radius 1 is 1.35 bits per heavy atom. The number of carbonyl (C=O) groups excluding carboxylic acids is 1. The Morgan fingerprint density at radius 3 is 2.75 bits per heavy atom. The van der Waals surface area contributed by atoms with Gasteiger partial charge < -0.3 is 19.8 Å². The summed E-state index contributed by atoms with van der Waals surface area (Å²) in [5, 5.41) is 12.6. The van der Waals surface area contributed by atoms with E-state index in [2.05, 4.69) is 5.16 Å². The van der Waals surface area contributed by atoms with Crippen LogP contribution < -0.4 is 5.73 Å². The van der Waals surface area contributed by atoms with Crippen molar-refractivity contribution in [1.82, 2.24) is 10.1 Å². The van der Waals surface area contributed by atoms with E-state index in [-0.39, 0.29) is 19.6 Å². The Labute approximate surface area is 113 Å². The van der Waals surface area contributed by atoms with E-state index in [4.69, 9.17) is 19.8 Å². The van der Waals surface area contributed by atoms with Crippen molar-refractivity contribution in [3.63, 3.8) is 0 Å². The second-order valence-electron chi connectivity index (χ2n) is 4.17. The highest BCUT2D eigenvalue weighted by atomic mass is 16.5. The molecule has 8 nitrogen and oxygen atoms in total. The van der Waals surface area contributed by atoms with Gasteiger partial charge in [0.05, 0.1) is 25.0 Å². The molecule has 3 N–H and O–H groups in total. The summed E-state index contributed by atoms with van der Waals surface area (Å²) in [4.78, 5) is 23.0. The molecule has 0 saturated heterocycles. The third-order valence-corrected chi connectivity index (χ3v) is 2.45. The molecule has 0 saturated carbocycles. The zero-order chi connectivity index (χ0) is 14.5. The van der Waals surface area contributed by atoms with Gasteiger partial charge in [0.25, 0.3) is 0 Å². The van der Waals surface area contributed by atoms with E-state index in [9.17, 15) is 9.59 Å².